The fourth-order valence-electron chi connectivity index (χ4n) is 0. The first-order valence-electron chi connectivity index (χ1n) is 3.91. The van der Waals surface area contributed by atoms with Gasteiger partial charge in [-0.05, 0) is 0 Å². The van der Waals surface area contributed by atoms with Crippen LogP contribution in [0.1, 0.15) is 1.43 Å². The Bertz CT molecular complexity index is 204. The standard InChI is InChI=1S/C2HF5.3BF4.K.H/c3-1(4)2(5,6)7;3*2-1(3,4)5;;/h1H;;;;;/q;3*-1;+1;-1. The summed E-state index contributed by atoms with van der Waals surface area (Å²) in [5, 5.41) is 0. The SMILES string of the molecule is FC(F)C(F)(F)F.F[B-](F)(F)F.F[B-](F)(F)F.F[B-](F)(F)F.[H-].[K+]. The monoisotopic (exact) mass is 421 g/mol. The Hall–Kier alpha value is 0.641. The minimum absolute atomic E-state index is 0. The van der Waals surface area contributed by atoms with Gasteiger partial charge in [0, 0.05) is 0 Å². The van der Waals surface area contributed by atoms with Crippen molar-refractivity contribution in [1.29, 1.82) is 0 Å². The molecule has 0 amide bonds. The van der Waals surface area contributed by atoms with Gasteiger partial charge in [-0.25, -0.2) is 8.78 Å². The van der Waals surface area contributed by atoms with Crippen LogP contribution in [0.4, 0.5) is 73.7 Å². The van der Waals surface area contributed by atoms with Crippen molar-refractivity contribution in [3.8, 4) is 0 Å². The maximum Gasteiger partial charge on any atom is 1.00 e. The Kier molecular flexibility index (Phi) is 21.0. The predicted molar refractivity (Wildman–Crippen MR) is 43.7 cm³/mol. The Labute approximate surface area is 160 Å². The molecule has 0 saturated heterocycles. The molecule has 23 heavy (non-hydrogen) atoms. The first-order chi connectivity index (χ1) is 8.94. The maximum absolute atomic E-state index is 10.4. The van der Waals surface area contributed by atoms with Gasteiger partial charge in [-0.3, -0.25) is 0 Å². The number of alkyl halides is 5. The van der Waals surface area contributed by atoms with Crippen LogP contribution in [-0.2, 0) is 0 Å². The molecule has 0 radical (unpaired) electrons. The molecule has 0 aromatic heterocycles. The molecule has 0 saturated carbocycles. The molecule has 0 nitrogen and oxygen atoms in total. The number of rotatable bonds is 0. The molecule has 0 aromatic carbocycles. The van der Waals surface area contributed by atoms with Crippen molar-refractivity contribution in [1.82, 2.24) is 0 Å². The third-order valence-electron chi connectivity index (χ3n) is 0.247. The molecule has 0 aliphatic rings. The van der Waals surface area contributed by atoms with Gasteiger partial charge in [0.2, 0.25) is 0 Å². The first-order valence-corrected chi connectivity index (χ1v) is 3.91. The summed E-state index contributed by atoms with van der Waals surface area (Å²) < 4.78 is 169. The summed E-state index contributed by atoms with van der Waals surface area (Å²) in [7, 11) is -18.0. The summed E-state index contributed by atoms with van der Waals surface area (Å²) in [6.07, 6.45) is -9.53. The van der Waals surface area contributed by atoms with E-state index in [4.69, 9.17) is 0 Å². The average molecular weight is 421 g/mol. The van der Waals surface area contributed by atoms with E-state index in [0.29, 0.717) is 0 Å². The minimum Gasteiger partial charge on any atom is -1.00 e. The van der Waals surface area contributed by atoms with Crippen LogP contribution in [0.15, 0.2) is 0 Å². The fourth-order valence-corrected chi connectivity index (χ4v) is 0. The zero-order valence-corrected chi connectivity index (χ0v) is 13.4. The van der Waals surface area contributed by atoms with Crippen molar-refractivity contribution < 1.29 is 127 Å². The molecule has 0 aliphatic heterocycles. The normalized spacial score (nSPS) is 11.7. The fraction of sp³-hybridized carbons (Fsp3) is 1.00. The summed E-state index contributed by atoms with van der Waals surface area (Å²) in [4.78, 5) is 0. The Balaban J connectivity index is -0.0000000443. The molecular formula is C2H2B3F17K-3. The van der Waals surface area contributed by atoms with Crippen molar-refractivity contribution in [2.24, 2.45) is 0 Å². The van der Waals surface area contributed by atoms with Gasteiger partial charge < -0.3 is 53.2 Å². The van der Waals surface area contributed by atoms with E-state index < -0.39 is 34.4 Å². The summed E-state index contributed by atoms with van der Waals surface area (Å²) >= 11 is 0. The van der Waals surface area contributed by atoms with E-state index in [1.165, 1.54) is 0 Å². The van der Waals surface area contributed by atoms with Crippen LogP contribution in [0.5, 0.6) is 0 Å². The largest absolute Gasteiger partial charge is 1.00 e. The molecule has 0 heterocycles. The Morgan fingerprint density at radius 1 is 0.522 bits per heavy atom. The third-order valence-corrected chi connectivity index (χ3v) is 0.247. The van der Waals surface area contributed by atoms with Gasteiger partial charge >= 0.3 is 85.7 Å². The summed E-state index contributed by atoms with van der Waals surface area (Å²) in [6, 6.07) is 0. The molecular weight excluding hydrogens is 419 g/mol. The van der Waals surface area contributed by atoms with Gasteiger partial charge in [-0.2, -0.15) is 13.2 Å². The average Bonchev–Trinajstić information content (AvgIpc) is 1.89. The molecule has 0 spiro atoms. The van der Waals surface area contributed by atoms with Crippen molar-refractivity contribution in [3.63, 3.8) is 0 Å². The second-order valence-corrected chi connectivity index (χ2v) is 2.33. The maximum atomic E-state index is 10.4. The van der Waals surface area contributed by atoms with E-state index >= 15 is 0 Å². The zero-order valence-electron chi connectivity index (χ0n) is 11.2. The van der Waals surface area contributed by atoms with Crippen LogP contribution >= 0.6 is 0 Å². The van der Waals surface area contributed by atoms with Crippen LogP contribution in [0, 0.1) is 0 Å². The second kappa shape index (κ2) is 13.9. The van der Waals surface area contributed by atoms with Crippen molar-refractivity contribution in [3.05, 3.63) is 0 Å². The molecule has 142 valence electrons. The van der Waals surface area contributed by atoms with E-state index in [1.54, 1.807) is 0 Å². The van der Waals surface area contributed by atoms with E-state index in [2.05, 4.69) is 0 Å². The minimum atomic E-state index is -6.00. The molecule has 0 aromatic rings. The Morgan fingerprint density at radius 3 is 0.565 bits per heavy atom. The van der Waals surface area contributed by atoms with Crippen LogP contribution < -0.4 is 51.4 Å². The Morgan fingerprint density at radius 2 is 0.565 bits per heavy atom. The van der Waals surface area contributed by atoms with Gasteiger partial charge in [0.05, 0.1) is 0 Å². The summed E-state index contributed by atoms with van der Waals surface area (Å²) in [6.45, 7) is 0. The quantitative estimate of drug-likeness (QED) is 0.418. The van der Waals surface area contributed by atoms with E-state index in [9.17, 15) is 73.7 Å². The summed E-state index contributed by atoms with van der Waals surface area (Å²) in [5.41, 5.74) is 0. The van der Waals surface area contributed by atoms with Crippen LogP contribution in [0.2, 0.25) is 0 Å². The van der Waals surface area contributed by atoms with Gasteiger partial charge in [-0.1, -0.05) is 0 Å². The van der Waals surface area contributed by atoms with Gasteiger partial charge in [0.15, 0.2) is 0 Å². The molecule has 0 bridgehead atoms. The van der Waals surface area contributed by atoms with Gasteiger partial charge in [-0.15, -0.1) is 0 Å². The molecule has 0 aliphatic carbocycles. The smallest absolute Gasteiger partial charge is 1.00 e. The van der Waals surface area contributed by atoms with Crippen molar-refractivity contribution in [2.75, 3.05) is 0 Å². The van der Waals surface area contributed by atoms with E-state index in [0.717, 1.165) is 0 Å². The van der Waals surface area contributed by atoms with Crippen LogP contribution in [0.3, 0.4) is 0 Å². The zero-order chi connectivity index (χ0) is 19.6. The van der Waals surface area contributed by atoms with E-state index in [1.807, 2.05) is 0 Å². The van der Waals surface area contributed by atoms with Crippen molar-refractivity contribution in [2.45, 2.75) is 12.6 Å². The number of hydrogen-bond donors (Lipinski definition) is 0. The molecule has 0 atom stereocenters. The van der Waals surface area contributed by atoms with Gasteiger partial charge in [0.25, 0.3) is 0 Å². The number of halogens is 17. The van der Waals surface area contributed by atoms with Crippen LogP contribution in [-0.4, -0.2) is 34.4 Å². The van der Waals surface area contributed by atoms with Crippen molar-refractivity contribution >= 4 is 21.8 Å². The second-order valence-electron chi connectivity index (χ2n) is 2.33. The molecule has 0 N–H and O–H groups in total. The molecule has 0 unspecified atom stereocenters. The topological polar surface area (TPSA) is 0 Å². The van der Waals surface area contributed by atoms with E-state index in [-0.39, 0.29) is 52.8 Å². The molecule has 0 rings (SSSR count). The number of hydrogen-bond acceptors (Lipinski definition) is 0. The molecule has 21 heteroatoms. The predicted octanol–water partition coefficient (Wildman–Crippen LogP) is 2.83. The van der Waals surface area contributed by atoms with Gasteiger partial charge in [0.1, 0.15) is 0 Å². The first kappa shape index (κ1) is 34.9. The van der Waals surface area contributed by atoms with Crippen LogP contribution in [0.25, 0.3) is 0 Å². The molecule has 0 fully saturated rings. The summed E-state index contributed by atoms with van der Waals surface area (Å²) in [5.74, 6) is 0. The third kappa shape index (κ3) is 219.